The molecule has 0 amide bonds. The second-order valence-electron chi connectivity index (χ2n) is 5.55. The van der Waals surface area contributed by atoms with Gasteiger partial charge in [-0.1, -0.05) is 24.3 Å². The summed E-state index contributed by atoms with van der Waals surface area (Å²) >= 11 is 0. The first-order valence-corrected chi connectivity index (χ1v) is 9.06. The van der Waals surface area contributed by atoms with Crippen molar-refractivity contribution in [3.8, 4) is 0 Å². The number of fused-ring (bicyclic) bond motifs is 1. The third-order valence-corrected chi connectivity index (χ3v) is 5.65. The molecular formula is C19H17NO4S. The van der Waals surface area contributed by atoms with Gasteiger partial charge in [0.25, 0.3) is 10.0 Å². The second-order valence-corrected chi connectivity index (χ2v) is 7.37. The normalized spacial score (nSPS) is 12.3. The first-order chi connectivity index (χ1) is 11.9. The van der Waals surface area contributed by atoms with E-state index in [4.69, 9.17) is 0 Å². The first kappa shape index (κ1) is 17.0. The number of nitrogens with zero attached hydrogens (tertiary/aromatic N) is 1. The Kier molecular flexibility index (Phi) is 4.46. The highest BCUT2D eigenvalue weighted by molar-refractivity contribution is 7.90. The summed E-state index contributed by atoms with van der Waals surface area (Å²) in [6, 6.07) is 15.4. The van der Waals surface area contributed by atoms with E-state index in [1.165, 1.54) is 23.4 Å². The summed E-state index contributed by atoms with van der Waals surface area (Å²) in [5, 5.41) is 0.773. The summed E-state index contributed by atoms with van der Waals surface area (Å²) in [5.41, 5.74) is 2.15. The molecule has 0 saturated heterocycles. The molecule has 1 heterocycles. The molecule has 25 heavy (non-hydrogen) atoms. The van der Waals surface area contributed by atoms with Crippen LogP contribution in [0.2, 0.25) is 0 Å². The Labute approximate surface area is 146 Å². The van der Waals surface area contributed by atoms with Crippen molar-refractivity contribution in [3.63, 3.8) is 0 Å². The minimum atomic E-state index is -3.65. The summed E-state index contributed by atoms with van der Waals surface area (Å²) in [6.45, 7) is 1.80. The van der Waals surface area contributed by atoms with Gasteiger partial charge in [0.15, 0.2) is 0 Å². The number of esters is 1. The molecule has 0 aliphatic rings. The van der Waals surface area contributed by atoms with Crippen LogP contribution in [0.4, 0.5) is 0 Å². The lowest BCUT2D eigenvalue weighted by Crippen LogP contribution is -2.11. The van der Waals surface area contributed by atoms with Crippen molar-refractivity contribution in [1.29, 1.82) is 0 Å². The van der Waals surface area contributed by atoms with Gasteiger partial charge in [0, 0.05) is 17.7 Å². The first-order valence-electron chi connectivity index (χ1n) is 7.62. The zero-order valence-electron chi connectivity index (χ0n) is 13.8. The number of ether oxygens (including phenoxy) is 1. The molecule has 2 aromatic carbocycles. The number of methoxy groups -OCH3 is 1. The summed E-state index contributed by atoms with van der Waals surface area (Å²) in [4.78, 5) is 11.6. The van der Waals surface area contributed by atoms with Crippen molar-refractivity contribution in [2.24, 2.45) is 0 Å². The highest BCUT2D eigenvalue weighted by atomic mass is 32.2. The number of hydrogen-bond acceptors (Lipinski definition) is 4. The molecule has 1 aromatic heterocycles. The predicted octanol–water partition coefficient (Wildman–Crippen LogP) is 3.45. The molecule has 0 N–H and O–H groups in total. The van der Waals surface area contributed by atoms with Crippen LogP contribution in [-0.2, 0) is 19.6 Å². The number of rotatable bonds is 4. The molecule has 128 valence electrons. The molecule has 6 heteroatoms. The van der Waals surface area contributed by atoms with Crippen molar-refractivity contribution in [2.75, 3.05) is 7.11 Å². The maximum absolute atomic E-state index is 12.8. The van der Waals surface area contributed by atoms with E-state index in [2.05, 4.69) is 4.74 Å². The van der Waals surface area contributed by atoms with E-state index in [1.807, 2.05) is 6.07 Å². The number of benzene rings is 2. The maximum Gasteiger partial charge on any atom is 0.330 e. The topological polar surface area (TPSA) is 65.4 Å². The fraction of sp³-hybridized carbons (Fsp3) is 0.105. The van der Waals surface area contributed by atoms with E-state index in [0.29, 0.717) is 5.52 Å². The van der Waals surface area contributed by atoms with Crippen LogP contribution in [0.25, 0.3) is 16.5 Å². The van der Waals surface area contributed by atoms with Crippen molar-refractivity contribution >= 4 is 32.5 Å². The second kappa shape index (κ2) is 6.57. The lowest BCUT2D eigenvalue weighted by atomic mass is 10.1. The van der Waals surface area contributed by atoms with Gasteiger partial charge in [-0.25, -0.2) is 17.2 Å². The van der Waals surface area contributed by atoms with E-state index in [0.717, 1.165) is 16.5 Å². The minimum Gasteiger partial charge on any atom is -0.466 e. The van der Waals surface area contributed by atoms with Crippen molar-refractivity contribution in [1.82, 2.24) is 3.97 Å². The average Bonchev–Trinajstić information content (AvgIpc) is 3.06. The molecule has 0 aliphatic heterocycles. The molecule has 0 spiro atoms. The predicted molar refractivity (Wildman–Crippen MR) is 96.6 cm³/mol. The quantitative estimate of drug-likeness (QED) is 0.531. The van der Waals surface area contributed by atoms with E-state index < -0.39 is 16.0 Å². The lowest BCUT2D eigenvalue weighted by Gasteiger charge is -2.08. The van der Waals surface area contributed by atoms with Gasteiger partial charge in [-0.15, -0.1) is 0 Å². The van der Waals surface area contributed by atoms with Gasteiger partial charge in [0.2, 0.25) is 0 Å². The van der Waals surface area contributed by atoms with Gasteiger partial charge < -0.3 is 4.74 Å². The number of carbonyl (C=O) groups excluding carboxylic acids is 1. The number of aromatic nitrogens is 1. The summed E-state index contributed by atoms with van der Waals surface area (Å²) in [5.74, 6) is -0.429. The van der Waals surface area contributed by atoms with Crippen LogP contribution in [0, 0.1) is 0 Å². The van der Waals surface area contributed by atoms with E-state index in [-0.39, 0.29) is 4.90 Å². The van der Waals surface area contributed by atoms with Crippen molar-refractivity contribution < 1.29 is 17.9 Å². The highest BCUT2D eigenvalue weighted by Gasteiger charge is 2.18. The minimum absolute atomic E-state index is 0.235. The number of allylic oxidation sites excluding steroid dienone is 1. The van der Waals surface area contributed by atoms with Gasteiger partial charge in [0.1, 0.15) is 0 Å². The summed E-state index contributed by atoms with van der Waals surface area (Å²) in [6.07, 6.45) is 2.94. The largest absolute Gasteiger partial charge is 0.466 e. The van der Waals surface area contributed by atoms with E-state index >= 15 is 0 Å². The Balaban J connectivity index is 2.07. The lowest BCUT2D eigenvalue weighted by molar-refractivity contribution is -0.134. The van der Waals surface area contributed by atoms with Gasteiger partial charge >= 0.3 is 5.97 Å². The molecule has 0 unspecified atom stereocenters. The molecule has 3 aromatic rings. The van der Waals surface area contributed by atoms with E-state index in [1.54, 1.807) is 55.5 Å². The van der Waals surface area contributed by atoms with Gasteiger partial charge in [-0.05, 0) is 48.4 Å². The fourth-order valence-electron chi connectivity index (χ4n) is 2.60. The Hall–Kier alpha value is -2.86. The SMILES string of the molecule is COC(=O)C=C(C)c1ccc2c(ccn2S(=O)(=O)c2ccccc2)c1. The fourth-order valence-corrected chi connectivity index (χ4v) is 3.97. The van der Waals surface area contributed by atoms with Crippen LogP contribution in [0.15, 0.2) is 71.8 Å². The Morgan fingerprint density at radius 1 is 1.08 bits per heavy atom. The van der Waals surface area contributed by atoms with Crippen molar-refractivity contribution in [2.45, 2.75) is 11.8 Å². The van der Waals surface area contributed by atoms with Gasteiger partial charge in [-0.3, -0.25) is 0 Å². The van der Waals surface area contributed by atoms with Crippen LogP contribution in [0.5, 0.6) is 0 Å². The molecule has 5 nitrogen and oxygen atoms in total. The van der Waals surface area contributed by atoms with E-state index in [9.17, 15) is 13.2 Å². The standard InChI is InChI=1S/C19H17NO4S/c1-14(12-19(21)24-2)15-8-9-18-16(13-15)10-11-20(18)25(22,23)17-6-4-3-5-7-17/h3-13H,1-2H3. The Morgan fingerprint density at radius 3 is 2.48 bits per heavy atom. The average molecular weight is 355 g/mol. The summed E-state index contributed by atoms with van der Waals surface area (Å²) < 4.78 is 31.5. The molecule has 0 saturated carbocycles. The maximum atomic E-state index is 12.8. The molecule has 0 radical (unpaired) electrons. The monoisotopic (exact) mass is 355 g/mol. The molecule has 0 aliphatic carbocycles. The zero-order valence-corrected chi connectivity index (χ0v) is 14.7. The van der Waals surface area contributed by atoms with Crippen LogP contribution in [0.3, 0.4) is 0 Å². The molecule has 0 atom stereocenters. The molecular weight excluding hydrogens is 338 g/mol. The Bertz CT molecular complexity index is 1060. The highest BCUT2D eigenvalue weighted by Crippen LogP contribution is 2.25. The van der Waals surface area contributed by atoms with Crippen LogP contribution in [0.1, 0.15) is 12.5 Å². The van der Waals surface area contributed by atoms with Gasteiger partial charge in [-0.2, -0.15) is 0 Å². The van der Waals surface area contributed by atoms with Crippen LogP contribution >= 0.6 is 0 Å². The smallest absolute Gasteiger partial charge is 0.330 e. The van der Waals surface area contributed by atoms with Crippen molar-refractivity contribution in [3.05, 3.63) is 72.4 Å². The third-order valence-electron chi connectivity index (χ3n) is 3.95. The zero-order chi connectivity index (χ0) is 18.0. The third kappa shape index (κ3) is 3.21. The van der Waals surface area contributed by atoms with Crippen LogP contribution < -0.4 is 0 Å². The number of carbonyl (C=O) groups is 1. The summed E-state index contributed by atoms with van der Waals surface area (Å²) in [7, 11) is -2.33. The molecule has 0 bridgehead atoms. The molecule has 0 fully saturated rings. The number of hydrogen-bond donors (Lipinski definition) is 0. The Morgan fingerprint density at radius 2 is 1.80 bits per heavy atom. The van der Waals surface area contributed by atoms with Crippen LogP contribution in [-0.4, -0.2) is 25.5 Å². The van der Waals surface area contributed by atoms with Gasteiger partial charge in [0.05, 0.1) is 17.5 Å². The molecule has 3 rings (SSSR count).